The van der Waals surface area contributed by atoms with Gasteiger partial charge in [-0.3, -0.25) is 9.69 Å². The number of carbonyl (C=O) groups excluding carboxylic acids is 1. The van der Waals surface area contributed by atoms with E-state index in [0.717, 1.165) is 5.56 Å². The molecule has 130 valence electrons. The summed E-state index contributed by atoms with van der Waals surface area (Å²) in [7, 11) is 0. The number of benzene rings is 1. The molecule has 0 N–H and O–H groups in total. The second-order valence-corrected chi connectivity index (χ2v) is 9.01. The van der Waals surface area contributed by atoms with Crippen molar-refractivity contribution in [2.24, 2.45) is 0 Å². The number of furan rings is 1. The first-order valence-electron chi connectivity index (χ1n) is 7.50. The Morgan fingerprint density at radius 1 is 1.16 bits per heavy atom. The molecule has 0 unspecified atom stereocenters. The van der Waals surface area contributed by atoms with Gasteiger partial charge in [-0.1, -0.05) is 47.2 Å². The molecule has 0 atom stereocenters. The van der Waals surface area contributed by atoms with Crippen LogP contribution in [0.1, 0.15) is 26.5 Å². The summed E-state index contributed by atoms with van der Waals surface area (Å²) >= 11 is 18.6. The number of thiocarbonyl (C=S) groups is 1. The third-order valence-corrected chi connectivity index (χ3v) is 5.61. The molecule has 1 saturated heterocycles. The van der Waals surface area contributed by atoms with Crippen molar-refractivity contribution in [3.63, 3.8) is 0 Å². The fraction of sp³-hybridized carbons (Fsp3) is 0.222. The SMILES string of the molecule is CC(C)(C)N1C(=O)C(=Cc2ccc(-c3ccc(Cl)c(Cl)c3)o2)SC1=S. The molecule has 3 rings (SSSR count). The van der Waals surface area contributed by atoms with Gasteiger partial charge in [-0.2, -0.15) is 0 Å². The Bertz CT molecular complexity index is 897. The third-order valence-electron chi connectivity index (χ3n) is 3.57. The highest BCUT2D eigenvalue weighted by Gasteiger charge is 2.39. The summed E-state index contributed by atoms with van der Waals surface area (Å²) in [6, 6.07) is 8.93. The molecule has 0 spiro atoms. The van der Waals surface area contributed by atoms with Crippen LogP contribution in [0, 0.1) is 0 Å². The predicted octanol–water partition coefficient (Wildman–Crippen LogP) is 6.25. The molecule has 2 aromatic rings. The van der Waals surface area contributed by atoms with E-state index in [4.69, 9.17) is 39.8 Å². The topological polar surface area (TPSA) is 33.5 Å². The quantitative estimate of drug-likeness (QED) is 0.431. The van der Waals surface area contributed by atoms with Gasteiger partial charge >= 0.3 is 0 Å². The lowest BCUT2D eigenvalue weighted by Crippen LogP contribution is -2.44. The molecule has 7 heteroatoms. The zero-order valence-electron chi connectivity index (χ0n) is 13.8. The van der Waals surface area contributed by atoms with E-state index in [1.54, 1.807) is 23.1 Å². The van der Waals surface area contributed by atoms with Crippen molar-refractivity contribution >= 4 is 63.5 Å². The summed E-state index contributed by atoms with van der Waals surface area (Å²) in [6.07, 6.45) is 1.71. The van der Waals surface area contributed by atoms with E-state index in [2.05, 4.69) is 0 Å². The Morgan fingerprint density at radius 3 is 2.48 bits per heavy atom. The standard InChI is InChI=1S/C18H15Cl2NO2S2/c1-18(2,3)21-16(22)15(25-17(21)24)9-11-5-7-14(23-11)10-4-6-12(19)13(20)8-10/h4-9H,1-3H3. The molecule has 1 aromatic carbocycles. The number of halogens is 2. The number of carbonyl (C=O) groups is 1. The van der Waals surface area contributed by atoms with Gasteiger partial charge in [-0.05, 0) is 51.1 Å². The average Bonchev–Trinajstić information content (AvgIpc) is 3.07. The van der Waals surface area contributed by atoms with E-state index in [1.807, 2.05) is 39.0 Å². The predicted molar refractivity (Wildman–Crippen MR) is 109 cm³/mol. The molecule has 1 fully saturated rings. The molecular weight excluding hydrogens is 397 g/mol. The van der Waals surface area contributed by atoms with Gasteiger partial charge in [-0.25, -0.2) is 0 Å². The number of amides is 1. The Balaban J connectivity index is 1.88. The van der Waals surface area contributed by atoms with Gasteiger partial charge < -0.3 is 4.42 Å². The van der Waals surface area contributed by atoms with E-state index in [1.165, 1.54) is 11.8 Å². The van der Waals surface area contributed by atoms with E-state index < -0.39 is 0 Å². The zero-order chi connectivity index (χ0) is 18.4. The van der Waals surface area contributed by atoms with Crippen molar-refractivity contribution in [2.75, 3.05) is 0 Å². The molecule has 3 nitrogen and oxygen atoms in total. The van der Waals surface area contributed by atoms with Crippen molar-refractivity contribution in [2.45, 2.75) is 26.3 Å². The van der Waals surface area contributed by atoms with Crippen LogP contribution in [0.2, 0.25) is 10.0 Å². The lowest BCUT2D eigenvalue weighted by molar-refractivity contribution is -0.125. The van der Waals surface area contributed by atoms with Crippen LogP contribution < -0.4 is 0 Å². The molecule has 25 heavy (non-hydrogen) atoms. The number of hydrogen-bond donors (Lipinski definition) is 0. The monoisotopic (exact) mass is 411 g/mol. The Kier molecular flexibility index (Phi) is 5.04. The van der Waals surface area contributed by atoms with Crippen molar-refractivity contribution in [1.82, 2.24) is 4.90 Å². The van der Waals surface area contributed by atoms with Crippen LogP contribution in [0.25, 0.3) is 17.4 Å². The Hall–Kier alpha value is -1.27. The van der Waals surface area contributed by atoms with Crippen molar-refractivity contribution in [3.8, 4) is 11.3 Å². The van der Waals surface area contributed by atoms with E-state index in [-0.39, 0.29) is 11.4 Å². The summed E-state index contributed by atoms with van der Waals surface area (Å²) in [5, 5.41) is 0.950. The lowest BCUT2D eigenvalue weighted by atomic mass is 10.1. The van der Waals surface area contributed by atoms with Crippen LogP contribution in [0.5, 0.6) is 0 Å². The van der Waals surface area contributed by atoms with Crippen molar-refractivity contribution in [1.29, 1.82) is 0 Å². The normalized spacial score (nSPS) is 17.0. The fourth-order valence-electron chi connectivity index (χ4n) is 2.41. The lowest BCUT2D eigenvalue weighted by Gasteiger charge is -2.30. The minimum Gasteiger partial charge on any atom is -0.457 e. The minimum atomic E-state index is -0.356. The molecule has 1 amide bonds. The third kappa shape index (κ3) is 3.80. The first kappa shape index (κ1) is 18.5. The smallest absolute Gasteiger partial charge is 0.266 e. The van der Waals surface area contributed by atoms with Gasteiger partial charge in [0.15, 0.2) is 0 Å². The molecule has 0 saturated carbocycles. The van der Waals surface area contributed by atoms with Gasteiger partial charge in [0.1, 0.15) is 15.8 Å². The highest BCUT2D eigenvalue weighted by molar-refractivity contribution is 8.26. The van der Waals surface area contributed by atoms with E-state index in [0.29, 0.717) is 30.8 Å². The maximum absolute atomic E-state index is 12.6. The van der Waals surface area contributed by atoms with E-state index >= 15 is 0 Å². The van der Waals surface area contributed by atoms with Crippen molar-refractivity contribution in [3.05, 3.63) is 51.0 Å². The van der Waals surface area contributed by atoms with E-state index in [9.17, 15) is 4.79 Å². The Labute approximate surface area is 166 Å². The summed E-state index contributed by atoms with van der Waals surface area (Å²) in [4.78, 5) is 14.8. The van der Waals surface area contributed by atoms with Gasteiger partial charge in [0.05, 0.1) is 15.0 Å². The maximum Gasteiger partial charge on any atom is 0.266 e. The first-order chi connectivity index (χ1) is 11.7. The Morgan fingerprint density at radius 2 is 1.88 bits per heavy atom. The average molecular weight is 412 g/mol. The van der Waals surface area contributed by atoms with Crippen LogP contribution in [0.4, 0.5) is 0 Å². The van der Waals surface area contributed by atoms with Crippen LogP contribution >= 0.6 is 47.2 Å². The summed E-state index contributed by atoms with van der Waals surface area (Å²) in [5.74, 6) is 1.13. The van der Waals surface area contributed by atoms with Crippen molar-refractivity contribution < 1.29 is 9.21 Å². The molecular formula is C18H15Cl2NO2S2. The molecule has 1 aliphatic heterocycles. The molecule has 1 aromatic heterocycles. The van der Waals surface area contributed by atoms with Crippen LogP contribution in [-0.4, -0.2) is 20.7 Å². The molecule has 0 aliphatic carbocycles. The summed E-state index contributed by atoms with van der Waals surface area (Å²) in [6.45, 7) is 5.86. The highest BCUT2D eigenvalue weighted by atomic mass is 35.5. The number of rotatable bonds is 2. The highest BCUT2D eigenvalue weighted by Crippen LogP contribution is 2.37. The van der Waals surface area contributed by atoms with Crippen LogP contribution in [0.3, 0.4) is 0 Å². The largest absolute Gasteiger partial charge is 0.457 e. The molecule has 1 aliphatic rings. The minimum absolute atomic E-state index is 0.102. The van der Waals surface area contributed by atoms with Crippen LogP contribution in [0.15, 0.2) is 39.7 Å². The number of nitrogens with zero attached hydrogens (tertiary/aromatic N) is 1. The van der Waals surface area contributed by atoms with Gasteiger partial charge in [0, 0.05) is 17.2 Å². The second-order valence-electron chi connectivity index (χ2n) is 6.52. The maximum atomic E-state index is 12.6. The molecule has 2 heterocycles. The zero-order valence-corrected chi connectivity index (χ0v) is 16.9. The molecule has 0 bridgehead atoms. The first-order valence-corrected chi connectivity index (χ1v) is 9.48. The van der Waals surface area contributed by atoms with Gasteiger partial charge in [0.25, 0.3) is 5.91 Å². The van der Waals surface area contributed by atoms with Crippen LogP contribution in [-0.2, 0) is 4.79 Å². The van der Waals surface area contributed by atoms with Gasteiger partial charge in [0.2, 0.25) is 0 Å². The fourth-order valence-corrected chi connectivity index (χ4v) is 4.32. The number of hydrogen-bond acceptors (Lipinski definition) is 4. The van der Waals surface area contributed by atoms with Gasteiger partial charge in [-0.15, -0.1) is 0 Å². The second kappa shape index (κ2) is 6.80. The number of thioether (sulfide) groups is 1. The summed E-state index contributed by atoms with van der Waals surface area (Å²) in [5.41, 5.74) is 0.460. The molecule has 0 radical (unpaired) electrons. The summed E-state index contributed by atoms with van der Waals surface area (Å²) < 4.78 is 6.38.